The summed E-state index contributed by atoms with van der Waals surface area (Å²) in [5, 5.41) is 9.59. The van der Waals surface area contributed by atoms with Gasteiger partial charge in [0.05, 0.1) is 6.10 Å². The molecule has 1 rings (SSSR count). The minimum Gasteiger partial charge on any atom is -0.389 e. The first-order valence-corrected chi connectivity index (χ1v) is 6.40. The first-order chi connectivity index (χ1) is 8.27. The highest BCUT2D eigenvalue weighted by Gasteiger charge is 2.29. The van der Waals surface area contributed by atoms with E-state index in [0.717, 1.165) is 11.3 Å². The summed E-state index contributed by atoms with van der Waals surface area (Å²) in [4.78, 5) is 8.83. The van der Waals surface area contributed by atoms with Crippen LogP contribution in [0, 0.1) is 12.3 Å². The Kier molecular flexibility index (Phi) is 4.82. The first kappa shape index (κ1) is 15.1. The molecule has 1 heterocycles. The van der Waals surface area contributed by atoms with Gasteiger partial charge >= 0.3 is 0 Å². The fraction of sp³-hybridized carbons (Fsp3) is 0.714. The molecule has 0 saturated carbocycles. The summed E-state index contributed by atoms with van der Waals surface area (Å²) in [7, 11) is 0. The van der Waals surface area contributed by atoms with E-state index in [1.807, 2.05) is 13.8 Å². The van der Waals surface area contributed by atoms with Crippen LogP contribution in [0.25, 0.3) is 0 Å². The zero-order chi connectivity index (χ0) is 13.9. The van der Waals surface area contributed by atoms with Crippen molar-refractivity contribution in [2.45, 2.75) is 53.8 Å². The van der Waals surface area contributed by atoms with Gasteiger partial charge in [-0.1, -0.05) is 20.8 Å². The van der Waals surface area contributed by atoms with Crippen molar-refractivity contribution in [3.05, 3.63) is 23.3 Å². The highest BCUT2D eigenvalue weighted by molar-refractivity contribution is 5.19. The lowest BCUT2D eigenvalue weighted by Crippen LogP contribution is -2.24. The van der Waals surface area contributed by atoms with E-state index >= 15 is 0 Å². The van der Waals surface area contributed by atoms with Gasteiger partial charge in [0.25, 0.3) is 0 Å². The smallest absolute Gasteiger partial charge is 0.157 e. The molecule has 102 valence electrons. The summed E-state index contributed by atoms with van der Waals surface area (Å²) in [6.45, 7) is 12.5. The summed E-state index contributed by atoms with van der Waals surface area (Å²) in [6.07, 6.45) is 1.02. The van der Waals surface area contributed by atoms with Crippen LogP contribution >= 0.6 is 0 Å². The summed E-state index contributed by atoms with van der Waals surface area (Å²) < 4.78 is 5.76. The van der Waals surface area contributed by atoms with Crippen LogP contribution in [0.5, 0.6) is 0 Å². The standard InChI is InChI=1S/C14H24N2O2/c1-7-18-12(14(4,5)6)13-15-8-11(10(3)17)9(2)16-13/h8,10,12,17H,7H2,1-6H3/t10-,12?/m0/s1. The molecule has 0 spiro atoms. The van der Waals surface area contributed by atoms with Gasteiger partial charge in [-0.05, 0) is 26.2 Å². The highest BCUT2D eigenvalue weighted by atomic mass is 16.5. The number of rotatable bonds is 4. The summed E-state index contributed by atoms with van der Waals surface area (Å²) in [6, 6.07) is 0. The lowest BCUT2D eigenvalue weighted by molar-refractivity contribution is -0.0193. The van der Waals surface area contributed by atoms with Gasteiger partial charge in [0.2, 0.25) is 0 Å². The number of aryl methyl sites for hydroxylation is 1. The Labute approximate surface area is 109 Å². The van der Waals surface area contributed by atoms with Crippen molar-refractivity contribution < 1.29 is 9.84 Å². The number of nitrogens with zero attached hydrogens (tertiary/aromatic N) is 2. The van der Waals surface area contributed by atoms with Crippen LogP contribution in [0.4, 0.5) is 0 Å². The van der Waals surface area contributed by atoms with E-state index in [1.54, 1.807) is 13.1 Å². The van der Waals surface area contributed by atoms with Crippen LogP contribution in [0.3, 0.4) is 0 Å². The lowest BCUT2D eigenvalue weighted by atomic mass is 9.88. The van der Waals surface area contributed by atoms with E-state index in [2.05, 4.69) is 30.7 Å². The third kappa shape index (κ3) is 3.50. The van der Waals surface area contributed by atoms with Crippen LogP contribution in [0.1, 0.15) is 63.9 Å². The number of hydrogen-bond acceptors (Lipinski definition) is 4. The van der Waals surface area contributed by atoms with E-state index in [-0.39, 0.29) is 11.5 Å². The molecule has 0 fully saturated rings. The fourth-order valence-electron chi connectivity index (χ4n) is 1.91. The van der Waals surface area contributed by atoms with Crippen LogP contribution in [0.2, 0.25) is 0 Å². The second kappa shape index (κ2) is 5.76. The molecule has 1 unspecified atom stereocenters. The number of aliphatic hydroxyl groups is 1. The van der Waals surface area contributed by atoms with Crippen LogP contribution in [0.15, 0.2) is 6.20 Å². The predicted octanol–water partition coefficient (Wildman–Crippen LogP) is 2.96. The van der Waals surface area contributed by atoms with Gasteiger partial charge in [-0.25, -0.2) is 9.97 Å². The Hall–Kier alpha value is -1.00. The van der Waals surface area contributed by atoms with Gasteiger partial charge in [0.1, 0.15) is 6.10 Å². The normalized spacial score (nSPS) is 15.5. The summed E-state index contributed by atoms with van der Waals surface area (Å²) in [5.74, 6) is 0.686. The number of ether oxygens (including phenoxy) is 1. The number of aromatic nitrogens is 2. The van der Waals surface area contributed by atoms with E-state index in [1.165, 1.54) is 0 Å². The third-order valence-electron chi connectivity index (χ3n) is 2.84. The number of aliphatic hydroxyl groups excluding tert-OH is 1. The zero-order valence-electron chi connectivity index (χ0n) is 12.2. The van der Waals surface area contributed by atoms with E-state index in [4.69, 9.17) is 4.74 Å². The second-order valence-corrected chi connectivity index (χ2v) is 5.65. The molecule has 4 heteroatoms. The summed E-state index contributed by atoms with van der Waals surface area (Å²) >= 11 is 0. The van der Waals surface area contributed by atoms with Gasteiger partial charge in [-0.2, -0.15) is 0 Å². The molecule has 1 aromatic rings. The second-order valence-electron chi connectivity index (χ2n) is 5.65. The molecule has 0 aromatic carbocycles. The van der Waals surface area contributed by atoms with Crippen molar-refractivity contribution >= 4 is 0 Å². The van der Waals surface area contributed by atoms with Crippen molar-refractivity contribution in [2.24, 2.45) is 5.41 Å². The van der Waals surface area contributed by atoms with Crippen molar-refractivity contribution in [3.63, 3.8) is 0 Å². The molecule has 0 radical (unpaired) electrons. The Morgan fingerprint density at radius 3 is 2.39 bits per heavy atom. The van der Waals surface area contributed by atoms with Crippen molar-refractivity contribution in [1.82, 2.24) is 9.97 Å². The van der Waals surface area contributed by atoms with E-state index in [9.17, 15) is 5.11 Å². The topological polar surface area (TPSA) is 55.2 Å². The monoisotopic (exact) mass is 252 g/mol. The molecule has 0 aliphatic carbocycles. The molecular formula is C14H24N2O2. The van der Waals surface area contributed by atoms with E-state index < -0.39 is 6.10 Å². The molecular weight excluding hydrogens is 228 g/mol. The van der Waals surface area contributed by atoms with E-state index in [0.29, 0.717) is 12.4 Å². The number of hydrogen-bond donors (Lipinski definition) is 1. The molecule has 4 nitrogen and oxygen atoms in total. The maximum absolute atomic E-state index is 9.59. The summed E-state index contributed by atoms with van der Waals surface area (Å²) in [5.41, 5.74) is 1.52. The Bertz CT molecular complexity index is 397. The largest absolute Gasteiger partial charge is 0.389 e. The van der Waals surface area contributed by atoms with Crippen LogP contribution < -0.4 is 0 Å². The molecule has 0 bridgehead atoms. The molecule has 0 saturated heterocycles. The van der Waals surface area contributed by atoms with Crippen LogP contribution in [-0.4, -0.2) is 21.7 Å². The molecule has 18 heavy (non-hydrogen) atoms. The van der Waals surface area contributed by atoms with Crippen LogP contribution in [-0.2, 0) is 4.74 Å². The Morgan fingerprint density at radius 2 is 2.00 bits per heavy atom. The highest BCUT2D eigenvalue weighted by Crippen LogP contribution is 2.34. The van der Waals surface area contributed by atoms with Crippen molar-refractivity contribution in [1.29, 1.82) is 0 Å². The third-order valence-corrected chi connectivity index (χ3v) is 2.84. The minimum atomic E-state index is -0.542. The van der Waals surface area contributed by atoms with Gasteiger partial charge in [-0.15, -0.1) is 0 Å². The molecule has 2 atom stereocenters. The average Bonchev–Trinajstić information content (AvgIpc) is 2.23. The molecule has 0 aliphatic rings. The molecule has 0 aliphatic heterocycles. The fourth-order valence-corrected chi connectivity index (χ4v) is 1.91. The first-order valence-electron chi connectivity index (χ1n) is 6.40. The van der Waals surface area contributed by atoms with Crippen molar-refractivity contribution in [2.75, 3.05) is 6.61 Å². The SMILES string of the molecule is CCOC(c1ncc([C@H](C)O)c(C)n1)C(C)(C)C. The predicted molar refractivity (Wildman–Crippen MR) is 71.2 cm³/mol. The van der Waals surface area contributed by atoms with Gasteiger partial charge in [0.15, 0.2) is 5.82 Å². The Balaban J connectivity index is 3.11. The van der Waals surface area contributed by atoms with Gasteiger partial charge in [0, 0.05) is 24.1 Å². The minimum absolute atomic E-state index is 0.0607. The zero-order valence-corrected chi connectivity index (χ0v) is 12.2. The maximum atomic E-state index is 9.59. The van der Waals surface area contributed by atoms with Gasteiger partial charge in [-0.3, -0.25) is 0 Å². The lowest BCUT2D eigenvalue weighted by Gasteiger charge is -2.29. The Morgan fingerprint density at radius 1 is 1.39 bits per heavy atom. The van der Waals surface area contributed by atoms with Crippen molar-refractivity contribution in [3.8, 4) is 0 Å². The molecule has 1 aromatic heterocycles. The maximum Gasteiger partial charge on any atom is 0.157 e. The van der Waals surface area contributed by atoms with Gasteiger partial charge < -0.3 is 9.84 Å². The average molecular weight is 252 g/mol. The molecule has 1 N–H and O–H groups in total. The molecule has 0 amide bonds. The quantitative estimate of drug-likeness (QED) is 0.895.